The summed E-state index contributed by atoms with van der Waals surface area (Å²) in [5.41, 5.74) is 1.62. The molecule has 0 spiro atoms. The van der Waals surface area contributed by atoms with E-state index in [4.69, 9.17) is 9.47 Å². The van der Waals surface area contributed by atoms with Crippen LogP contribution in [0.25, 0.3) is 0 Å². The number of ether oxygens (including phenoxy) is 2. The molecule has 0 radical (unpaired) electrons. The predicted octanol–water partition coefficient (Wildman–Crippen LogP) is 5.59. The van der Waals surface area contributed by atoms with E-state index in [1.807, 2.05) is 6.92 Å². The van der Waals surface area contributed by atoms with Crippen LogP contribution in [0.1, 0.15) is 86.5 Å². The zero-order chi connectivity index (χ0) is 22.1. The standard InChI is InChI=1S/C24H38O5/c1-18(11-12-22-23(4,5)14-8-15-24(22,6)27)9-7-10-21(17-29-20(3)26)13-16-28-19(2)25/h9,13,16-17,22,27H,7-8,10-12,14-15H2,1-6H3/b16-13+,18-9+,21-17+/t22-,24-/m0/s1. The highest BCUT2D eigenvalue weighted by molar-refractivity contribution is 5.67. The second-order valence-corrected chi connectivity index (χ2v) is 9.09. The first kappa shape index (κ1) is 25.2. The largest absolute Gasteiger partial charge is 0.435 e. The van der Waals surface area contributed by atoms with E-state index in [1.165, 1.54) is 31.9 Å². The maximum Gasteiger partial charge on any atom is 0.307 e. The summed E-state index contributed by atoms with van der Waals surface area (Å²) in [6.45, 7) is 11.3. The number of esters is 2. The van der Waals surface area contributed by atoms with Crippen molar-refractivity contribution in [2.75, 3.05) is 0 Å². The van der Waals surface area contributed by atoms with Gasteiger partial charge in [0, 0.05) is 13.8 Å². The van der Waals surface area contributed by atoms with E-state index in [-0.39, 0.29) is 11.3 Å². The molecule has 0 aromatic carbocycles. The fourth-order valence-corrected chi connectivity index (χ4v) is 4.31. The SMILES string of the molecule is CC(=O)O/C=C/C(=C/OC(C)=O)CC/C=C(\C)CC[C@H]1C(C)(C)CCC[C@]1(C)O. The van der Waals surface area contributed by atoms with Gasteiger partial charge in [0.15, 0.2) is 0 Å². The molecule has 0 saturated heterocycles. The normalized spacial score (nSPS) is 25.1. The Morgan fingerprint density at radius 3 is 2.28 bits per heavy atom. The molecule has 1 aliphatic carbocycles. The molecule has 1 rings (SSSR count). The zero-order valence-corrected chi connectivity index (χ0v) is 18.9. The monoisotopic (exact) mass is 406 g/mol. The van der Waals surface area contributed by atoms with Crippen molar-refractivity contribution in [2.24, 2.45) is 11.3 Å². The third-order valence-electron chi connectivity index (χ3n) is 5.84. The number of carbonyl (C=O) groups is 2. The van der Waals surface area contributed by atoms with Crippen LogP contribution in [0.3, 0.4) is 0 Å². The molecule has 1 saturated carbocycles. The summed E-state index contributed by atoms with van der Waals surface area (Å²) in [6, 6.07) is 0. The van der Waals surface area contributed by atoms with Crippen molar-refractivity contribution in [1.29, 1.82) is 0 Å². The minimum Gasteiger partial charge on any atom is -0.435 e. The van der Waals surface area contributed by atoms with Gasteiger partial charge < -0.3 is 14.6 Å². The minimum atomic E-state index is -0.594. The number of allylic oxidation sites excluding steroid dienone is 4. The topological polar surface area (TPSA) is 72.8 Å². The molecule has 29 heavy (non-hydrogen) atoms. The molecule has 0 unspecified atom stereocenters. The van der Waals surface area contributed by atoms with Gasteiger partial charge in [-0.05, 0) is 75.4 Å². The molecule has 5 nitrogen and oxygen atoms in total. The first-order valence-corrected chi connectivity index (χ1v) is 10.5. The maximum absolute atomic E-state index is 11.0. The fraction of sp³-hybridized carbons (Fsp3) is 0.667. The lowest BCUT2D eigenvalue weighted by molar-refractivity contribution is -0.136. The van der Waals surface area contributed by atoms with Crippen molar-refractivity contribution in [3.8, 4) is 0 Å². The highest BCUT2D eigenvalue weighted by Gasteiger charge is 2.44. The van der Waals surface area contributed by atoms with E-state index in [2.05, 4.69) is 26.8 Å². The van der Waals surface area contributed by atoms with Crippen LogP contribution in [-0.2, 0) is 19.1 Å². The van der Waals surface area contributed by atoms with Gasteiger partial charge in [-0.3, -0.25) is 9.59 Å². The molecule has 1 N–H and O–H groups in total. The van der Waals surface area contributed by atoms with Gasteiger partial charge in [0.1, 0.15) is 0 Å². The summed E-state index contributed by atoms with van der Waals surface area (Å²) in [7, 11) is 0. The van der Waals surface area contributed by atoms with Crippen LogP contribution in [0.5, 0.6) is 0 Å². The van der Waals surface area contributed by atoms with E-state index >= 15 is 0 Å². The quantitative estimate of drug-likeness (QED) is 0.234. The Hall–Kier alpha value is -1.88. The molecule has 5 heteroatoms. The summed E-state index contributed by atoms with van der Waals surface area (Å²) >= 11 is 0. The van der Waals surface area contributed by atoms with Gasteiger partial charge in [-0.15, -0.1) is 0 Å². The Kier molecular flexibility index (Phi) is 9.84. The summed E-state index contributed by atoms with van der Waals surface area (Å²) in [6.07, 6.45) is 13.0. The highest BCUT2D eigenvalue weighted by Crippen LogP contribution is 2.48. The molecule has 1 fully saturated rings. The van der Waals surface area contributed by atoms with Gasteiger partial charge >= 0.3 is 11.9 Å². The van der Waals surface area contributed by atoms with Crippen LogP contribution in [0.4, 0.5) is 0 Å². The Morgan fingerprint density at radius 1 is 1.03 bits per heavy atom. The number of carbonyl (C=O) groups excluding carboxylic acids is 2. The highest BCUT2D eigenvalue weighted by atomic mass is 16.5. The molecular weight excluding hydrogens is 368 g/mol. The van der Waals surface area contributed by atoms with Crippen molar-refractivity contribution in [2.45, 2.75) is 92.1 Å². The molecular formula is C24H38O5. The van der Waals surface area contributed by atoms with Gasteiger partial charge in [0.2, 0.25) is 0 Å². The first-order valence-electron chi connectivity index (χ1n) is 10.5. The predicted molar refractivity (Wildman–Crippen MR) is 115 cm³/mol. The average Bonchev–Trinajstić information content (AvgIpc) is 2.57. The van der Waals surface area contributed by atoms with E-state index in [0.717, 1.165) is 44.1 Å². The van der Waals surface area contributed by atoms with E-state index in [9.17, 15) is 14.7 Å². The molecule has 1 aliphatic rings. The molecule has 0 bridgehead atoms. The number of hydrogen-bond acceptors (Lipinski definition) is 5. The first-order chi connectivity index (χ1) is 13.4. The van der Waals surface area contributed by atoms with Crippen LogP contribution < -0.4 is 0 Å². The van der Waals surface area contributed by atoms with Crippen LogP contribution >= 0.6 is 0 Å². The summed E-state index contributed by atoms with van der Waals surface area (Å²) in [5, 5.41) is 10.8. The fourth-order valence-electron chi connectivity index (χ4n) is 4.31. The maximum atomic E-state index is 11.0. The summed E-state index contributed by atoms with van der Waals surface area (Å²) in [4.78, 5) is 21.9. The van der Waals surface area contributed by atoms with Gasteiger partial charge in [0.25, 0.3) is 0 Å². The van der Waals surface area contributed by atoms with Gasteiger partial charge in [-0.1, -0.05) is 31.9 Å². The molecule has 0 heterocycles. The van der Waals surface area contributed by atoms with Gasteiger partial charge in [0.05, 0.1) is 18.1 Å². The Labute approximate surface area is 175 Å². The van der Waals surface area contributed by atoms with Crippen LogP contribution in [0, 0.1) is 11.3 Å². The van der Waals surface area contributed by atoms with Gasteiger partial charge in [-0.2, -0.15) is 0 Å². The Morgan fingerprint density at radius 2 is 1.69 bits per heavy atom. The zero-order valence-electron chi connectivity index (χ0n) is 18.9. The lowest BCUT2D eigenvalue weighted by atomic mass is 9.60. The molecule has 2 atom stereocenters. The van der Waals surface area contributed by atoms with Crippen LogP contribution in [-0.4, -0.2) is 22.6 Å². The second kappa shape index (κ2) is 11.3. The number of hydrogen-bond donors (Lipinski definition) is 1. The molecule has 0 amide bonds. The molecule has 0 aromatic heterocycles. The Bertz CT molecular complexity index is 636. The van der Waals surface area contributed by atoms with E-state index in [1.54, 1.807) is 6.08 Å². The Balaban J connectivity index is 2.62. The van der Waals surface area contributed by atoms with Crippen LogP contribution in [0.2, 0.25) is 0 Å². The van der Waals surface area contributed by atoms with Crippen molar-refractivity contribution < 1.29 is 24.2 Å². The third kappa shape index (κ3) is 9.44. The summed E-state index contributed by atoms with van der Waals surface area (Å²) in [5.74, 6) is -0.499. The third-order valence-corrected chi connectivity index (χ3v) is 5.84. The number of rotatable bonds is 9. The minimum absolute atomic E-state index is 0.156. The summed E-state index contributed by atoms with van der Waals surface area (Å²) < 4.78 is 9.76. The molecule has 0 aliphatic heterocycles. The van der Waals surface area contributed by atoms with Crippen molar-refractivity contribution >= 4 is 11.9 Å². The second-order valence-electron chi connectivity index (χ2n) is 9.09. The smallest absolute Gasteiger partial charge is 0.307 e. The van der Waals surface area contributed by atoms with Crippen molar-refractivity contribution in [1.82, 2.24) is 0 Å². The van der Waals surface area contributed by atoms with Crippen LogP contribution in [0.15, 0.2) is 35.8 Å². The van der Waals surface area contributed by atoms with Crippen molar-refractivity contribution in [3.63, 3.8) is 0 Å². The van der Waals surface area contributed by atoms with Gasteiger partial charge in [-0.25, -0.2) is 0 Å². The van der Waals surface area contributed by atoms with E-state index in [0.29, 0.717) is 6.42 Å². The average molecular weight is 407 g/mol. The molecule has 0 aromatic rings. The van der Waals surface area contributed by atoms with Crippen molar-refractivity contribution in [3.05, 3.63) is 35.8 Å². The van der Waals surface area contributed by atoms with E-state index < -0.39 is 17.5 Å². The lowest BCUT2D eigenvalue weighted by Gasteiger charge is -2.48. The molecule has 164 valence electrons. The number of aliphatic hydroxyl groups is 1. The lowest BCUT2D eigenvalue weighted by Crippen LogP contribution is -2.46.